The number of benzene rings is 1. The van der Waals surface area contributed by atoms with Crippen molar-refractivity contribution in [2.45, 2.75) is 70.5 Å². The van der Waals surface area contributed by atoms with E-state index in [9.17, 15) is 9.18 Å². The second-order valence-electron chi connectivity index (χ2n) is 7.93. The van der Waals surface area contributed by atoms with Crippen molar-refractivity contribution >= 4 is 5.91 Å². The molecule has 2 saturated heterocycles. The molecule has 3 nitrogen and oxygen atoms in total. The van der Waals surface area contributed by atoms with Crippen molar-refractivity contribution in [2.24, 2.45) is 11.8 Å². The number of hydrogen-bond donors (Lipinski definition) is 2. The number of amides is 1. The Hall–Kier alpha value is -1.42. The molecule has 0 aliphatic carbocycles. The molecule has 0 saturated carbocycles. The minimum atomic E-state index is -0.218. The van der Waals surface area contributed by atoms with Crippen LogP contribution in [0.5, 0.6) is 0 Å². The Morgan fingerprint density at radius 3 is 2.42 bits per heavy atom. The number of carbonyl (C=O) groups is 1. The molecule has 3 unspecified atom stereocenters. The highest BCUT2D eigenvalue weighted by Gasteiger charge is 2.34. The fourth-order valence-electron chi connectivity index (χ4n) is 4.20. The van der Waals surface area contributed by atoms with Crippen molar-refractivity contribution in [2.75, 3.05) is 0 Å². The van der Waals surface area contributed by atoms with E-state index in [1.807, 2.05) is 0 Å². The maximum Gasteiger partial charge on any atom is 0.220 e. The predicted molar refractivity (Wildman–Crippen MR) is 94.2 cm³/mol. The Morgan fingerprint density at radius 2 is 1.83 bits per heavy atom. The average molecular weight is 332 g/mol. The van der Waals surface area contributed by atoms with Crippen molar-refractivity contribution in [3.05, 3.63) is 35.6 Å². The molecule has 2 bridgehead atoms. The summed E-state index contributed by atoms with van der Waals surface area (Å²) in [7, 11) is 0. The first-order valence-electron chi connectivity index (χ1n) is 9.29. The molecule has 4 heteroatoms. The van der Waals surface area contributed by atoms with E-state index in [4.69, 9.17) is 0 Å². The van der Waals surface area contributed by atoms with Crippen LogP contribution in [0.2, 0.25) is 0 Å². The third-order valence-electron chi connectivity index (χ3n) is 5.56. The maximum absolute atomic E-state index is 13.0. The van der Waals surface area contributed by atoms with E-state index in [2.05, 4.69) is 24.5 Å². The molecule has 0 aromatic heterocycles. The standard InChI is InChI=1S/C20H29FN2O/c1-13(2)19(11-14-3-5-16(21)6-4-14)23-20(24)12-15-9-17-7-8-18(10-15)22-17/h3-6,13,15,17-19,22H,7-12H2,1-2H3,(H,23,24). The highest BCUT2D eigenvalue weighted by atomic mass is 19.1. The highest BCUT2D eigenvalue weighted by molar-refractivity contribution is 5.76. The second-order valence-corrected chi connectivity index (χ2v) is 7.93. The van der Waals surface area contributed by atoms with E-state index in [1.165, 1.54) is 25.0 Å². The Morgan fingerprint density at radius 1 is 1.21 bits per heavy atom. The normalized spacial score (nSPS) is 27.2. The van der Waals surface area contributed by atoms with Gasteiger partial charge in [0.25, 0.3) is 0 Å². The van der Waals surface area contributed by atoms with E-state index in [0.717, 1.165) is 24.8 Å². The number of piperidine rings is 1. The zero-order chi connectivity index (χ0) is 17.1. The van der Waals surface area contributed by atoms with Crippen molar-refractivity contribution in [3.8, 4) is 0 Å². The Labute approximate surface area is 144 Å². The smallest absolute Gasteiger partial charge is 0.220 e. The molecule has 2 heterocycles. The largest absolute Gasteiger partial charge is 0.353 e. The molecular weight excluding hydrogens is 303 g/mol. The quantitative estimate of drug-likeness (QED) is 0.838. The molecule has 2 aliphatic rings. The Bertz CT molecular complexity index is 545. The molecule has 132 valence electrons. The van der Waals surface area contributed by atoms with Gasteiger partial charge in [0.15, 0.2) is 0 Å². The van der Waals surface area contributed by atoms with Crippen LogP contribution < -0.4 is 10.6 Å². The van der Waals surface area contributed by atoms with Crippen LogP contribution in [0.3, 0.4) is 0 Å². The second kappa shape index (κ2) is 7.64. The summed E-state index contributed by atoms with van der Waals surface area (Å²) in [5.41, 5.74) is 1.07. The van der Waals surface area contributed by atoms with Gasteiger partial charge >= 0.3 is 0 Å². The van der Waals surface area contributed by atoms with Gasteiger partial charge in [-0.2, -0.15) is 0 Å². The lowest BCUT2D eigenvalue weighted by atomic mass is 9.89. The summed E-state index contributed by atoms with van der Waals surface area (Å²) in [4.78, 5) is 12.5. The lowest BCUT2D eigenvalue weighted by Gasteiger charge is -2.30. The first-order valence-corrected chi connectivity index (χ1v) is 9.29. The minimum absolute atomic E-state index is 0.0985. The summed E-state index contributed by atoms with van der Waals surface area (Å²) >= 11 is 0. The number of carbonyl (C=O) groups excluding carboxylic acids is 1. The maximum atomic E-state index is 13.0. The van der Waals surface area contributed by atoms with E-state index < -0.39 is 0 Å². The van der Waals surface area contributed by atoms with E-state index >= 15 is 0 Å². The molecule has 2 aliphatic heterocycles. The first-order chi connectivity index (χ1) is 11.5. The van der Waals surface area contributed by atoms with E-state index in [1.54, 1.807) is 12.1 Å². The van der Waals surface area contributed by atoms with Gasteiger partial charge in [-0.1, -0.05) is 26.0 Å². The zero-order valence-corrected chi connectivity index (χ0v) is 14.7. The van der Waals surface area contributed by atoms with Gasteiger partial charge in [-0.3, -0.25) is 4.79 Å². The molecule has 1 aromatic rings. The molecule has 1 aromatic carbocycles. The van der Waals surface area contributed by atoms with Gasteiger partial charge in [0, 0.05) is 24.5 Å². The first kappa shape index (κ1) is 17.4. The molecule has 24 heavy (non-hydrogen) atoms. The summed E-state index contributed by atoms with van der Waals surface area (Å²) in [6.07, 6.45) is 6.19. The fraction of sp³-hybridized carbons (Fsp3) is 0.650. The van der Waals surface area contributed by atoms with Gasteiger partial charge in [-0.15, -0.1) is 0 Å². The number of rotatable bonds is 6. The number of fused-ring (bicyclic) bond motifs is 2. The summed E-state index contributed by atoms with van der Waals surface area (Å²) < 4.78 is 13.0. The van der Waals surface area contributed by atoms with Crippen molar-refractivity contribution in [1.29, 1.82) is 0 Å². The summed E-state index contributed by atoms with van der Waals surface area (Å²) in [5.74, 6) is 0.817. The van der Waals surface area contributed by atoms with Crippen molar-refractivity contribution in [1.82, 2.24) is 10.6 Å². The van der Waals surface area contributed by atoms with Crippen LogP contribution in [0.25, 0.3) is 0 Å². The van der Waals surface area contributed by atoms with Gasteiger partial charge in [0.1, 0.15) is 5.82 Å². The van der Waals surface area contributed by atoms with E-state index in [-0.39, 0.29) is 17.8 Å². The lowest BCUT2D eigenvalue weighted by Crippen LogP contribution is -2.43. The van der Waals surface area contributed by atoms with Gasteiger partial charge < -0.3 is 10.6 Å². The molecule has 0 radical (unpaired) electrons. The van der Waals surface area contributed by atoms with Crippen LogP contribution in [-0.4, -0.2) is 24.0 Å². The van der Waals surface area contributed by atoms with Crippen LogP contribution in [-0.2, 0) is 11.2 Å². The number of halogens is 1. The minimum Gasteiger partial charge on any atom is -0.353 e. The van der Waals surface area contributed by atoms with E-state index in [0.29, 0.717) is 30.3 Å². The molecule has 2 N–H and O–H groups in total. The van der Waals surface area contributed by atoms with Crippen LogP contribution in [0.15, 0.2) is 24.3 Å². The van der Waals surface area contributed by atoms with Crippen LogP contribution >= 0.6 is 0 Å². The zero-order valence-electron chi connectivity index (χ0n) is 14.7. The van der Waals surface area contributed by atoms with Crippen molar-refractivity contribution in [3.63, 3.8) is 0 Å². The monoisotopic (exact) mass is 332 g/mol. The summed E-state index contributed by atoms with van der Waals surface area (Å²) in [6.45, 7) is 4.25. The molecule has 3 rings (SSSR count). The van der Waals surface area contributed by atoms with Crippen LogP contribution in [0.4, 0.5) is 4.39 Å². The third-order valence-corrected chi connectivity index (χ3v) is 5.56. The molecule has 0 spiro atoms. The fourth-order valence-corrected chi connectivity index (χ4v) is 4.20. The summed E-state index contributed by atoms with van der Waals surface area (Å²) in [5, 5.41) is 6.85. The average Bonchev–Trinajstić information content (AvgIpc) is 2.87. The highest BCUT2D eigenvalue weighted by Crippen LogP contribution is 2.32. The molecule has 3 atom stereocenters. The van der Waals surface area contributed by atoms with Gasteiger partial charge in [0.05, 0.1) is 0 Å². The van der Waals surface area contributed by atoms with Crippen molar-refractivity contribution < 1.29 is 9.18 Å². The lowest BCUT2D eigenvalue weighted by molar-refractivity contribution is -0.123. The summed E-state index contributed by atoms with van der Waals surface area (Å²) in [6, 6.07) is 7.94. The molecule has 2 fully saturated rings. The SMILES string of the molecule is CC(C)C(Cc1ccc(F)cc1)NC(=O)CC1CC2CCC(C1)N2. The number of nitrogens with one attached hydrogen (secondary N) is 2. The topological polar surface area (TPSA) is 41.1 Å². The van der Waals surface area contributed by atoms with Gasteiger partial charge in [-0.25, -0.2) is 4.39 Å². The Balaban J connectivity index is 1.52. The van der Waals surface area contributed by atoms with Crippen LogP contribution in [0.1, 0.15) is 51.5 Å². The molecule has 1 amide bonds. The third kappa shape index (κ3) is 4.56. The predicted octanol–water partition coefficient (Wildman–Crippen LogP) is 3.43. The number of hydrogen-bond acceptors (Lipinski definition) is 2. The molecular formula is C20H29FN2O. The Kier molecular flexibility index (Phi) is 5.54. The van der Waals surface area contributed by atoms with Gasteiger partial charge in [-0.05, 0) is 61.6 Å². The van der Waals surface area contributed by atoms with Crippen LogP contribution in [0, 0.1) is 17.7 Å². The van der Waals surface area contributed by atoms with Gasteiger partial charge in [0.2, 0.25) is 5.91 Å².